The van der Waals surface area contributed by atoms with Crippen molar-refractivity contribution in [1.29, 1.82) is 0 Å². The fraction of sp³-hybridized carbons (Fsp3) is 0.0741. The quantitative estimate of drug-likeness (QED) is 0.407. The van der Waals surface area contributed by atoms with E-state index in [4.69, 9.17) is 10.5 Å². The Kier molecular flexibility index (Phi) is 7.02. The molecule has 0 saturated heterocycles. The standard InChI is InChI=1S/C27H23FN4O3/c1-18-6-8-19(9-7-18)17-32-15-3-4-21(27(32)34)26(33)31-20-10-11-24(22(28)16-20)35-25-5-2-14-30-23(25)12-13-29/h2-16H,17,29H2,1H3,(H,31,33). The Bertz CT molecular complexity index is 1450. The number of amides is 1. The number of carbonyl (C=O) groups excluding carboxylic acids is 1. The van der Waals surface area contributed by atoms with E-state index >= 15 is 0 Å². The highest BCUT2D eigenvalue weighted by Crippen LogP contribution is 2.28. The Morgan fingerprint density at radius 2 is 1.91 bits per heavy atom. The van der Waals surface area contributed by atoms with E-state index in [1.54, 1.807) is 30.6 Å². The number of aromatic nitrogens is 2. The number of benzene rings is 2. The van der Waals surface area contributed by atoms with Crippen LogP contribution in [-0.4, -0.2) is 15.5 Å². The van der Waals surface area contributed by atoms with Crippen LogP contribution in [-0.2, 0) is 6.54 Å². The average molecular weight is 471 g/mol. The smallest absolute Gasteiger partial charge is 0.263 e. The number of ether oxygens (including phenoxy) is 1. The van der Waals surface area contributed by atoms with E-state index in [0.29, 0.717) is 18.0 Å². The molecule has 8 heteroatoms. The van der Waals surface area contributed by atoms with Crippen molar-refractivity contribution in [2.45, 2.75) is 13.5 Å². The Labute approximate surface area is 201 Å². The molecule has 2 aromatic heterocycles. The normalized spacial score (nSPS) is 10.9. The van der Waals surface area contributed by atoms with E-state index in [-0.39, 0.29) is 17.0 Å². The molecule has 7 nitrogen and oxygen atoms in total. The van der Waals surface area contributed by atoms with Crippen LogP contribution in [0.3, 0.4) is 0 Å². The Hall–Kier alpha value is -4.72. The molecule has 0 atom stereocenters. The van der Waals surface area contributed by atoms with Crippen LogP contribution in [0.2, 0.25) is 0 Å². The number of halogens is 1. The molecule has 0 radical (unpaired) electrons. The van der Waals surface area contributed by atoms with Gasteiger partial charge < -0.3 is 20.4 Å². The molecule has 176 valence electrons. The molecule has 0 bridgehead atoms. The number of hydrogen-bond donors (Lipinski definition) is 2. The summed E-state index contributed by atoms with van der Waals surface area (Å²) in [4.78, 5) is 29.8. The summed E-state index contributed by atoms with van der Waals surface area (Å²) in [6.07, 6.45) is 6.03. The molecule has 0 aliphatic heterocycles. The minimum Gasteiger partial charge on any atom is -0.452 e. The van der Waals surface area contributed by atoms with Gasteiger partial charge in [0.05, 0.1) is 6.54 Å². The van der Waals surface area contributed by atoms with Crippen LogP contribution in [0.5, 0.6) is 11.5 Å². The van der Waals surface area contributed by atoms with Crippen LogP contribution in [0.25, 0.3) is 6.08 Å². The second kappa shape index (κ2) is 10.5. The highest BCUT2D eigenvalue weighted by Gasteiger charge is 2.15. The SMILES string of the molecule is Cc1ccc(Cn2cccc(C(=O)Nc3ccc(Oc4cccnc4C=CN)c(F)c3)c2=O)cc1. The van der Waals surface area contributed by atoms with Crippen LogP contribution in [0.15, 0.2) is 90.1 Å². The Morgan fingerprint density at radius 1 is 1.11 bits per heavy atom. The molecule has 0 spiro atoms. The summed E-state index contributed by atoms with van der Waals surface area (Å²) in [6, 6.07) is 18.1. The predicted octanol–water partition coefficient (Wildman–Crippen LogP) is 4.71. The van der Waals surface area contributed by atoms with Crippen LogP contribution in [0, 0.1) is 12.7 Å². The summed E-state index contributed by atoms with van der Waals surface area (Å²) in [7, 11) is 0. The first-order valence-electron chi connectivity index (χ1n) is 10.8. The molecule has 0 aliphatic carbocycles. The molecule has 4 aromatic rings. The molecule has 0 aliphatic rings. The number of aryl methyl sites for hydroxylation is 1. The maximum atomic E-state index is 14.7. The van der Waals surface area contributed by atoms with Gasteiger partial charge in [-0.2, -0.15) is 0 Å². The van der Waals surface area contributed by atoms with Crippen molar-refractivity contribution in [3.8, 4) is 11.5 Å². The highest BCUT2D eigenvalue weighted by molar-refractivity contribution is 6.04. The van der Waals surface area contributed by atoms with Crippen molar-refractivity contribution in [1.82, 2.24) is 9.55 Å². The van der Waals surface area contributed by atoms with Crippen molar-refractivity contribution in [3.05, 3.63) is 124 Å². The van der Waals surface area contributed by atoms with Crippen LogP contribution in [0.4, 0.5) is 10.1 Å². The summed E-state index contributed by atoms with van der Waals surface area (Å²) in [6.45, 7) is 2.31. The highest BCUT2D eigenvalue weighted by atomic mass is 19.1. The number of nitrogens with zero attached hydrogens (tertiary/aromatic N) is 2. The van der Waals surface area contributed by atoms with Crippen LogP contribution >= 0.6 is 0 Å². The van der Waals surface area contributed by atoms with Gasteiger partial charge in [0.1, 0.15) is 11.3 Å². The molecule has 2 aromatic carbocycles. The van der Waals surface area contributed by atoms with Gasteiger partial charge in [0.25, 0.3) is 11.5 Å². The zero-order valence-corrected chi connectivity index (χ0v) is 18.9. The van der Waals surface area contributed by atoms with Crippen molar-refractivity contribution >= 4 is 17.7 Å². The number of hydrogen-bond acceptors (Lipinski definition) is 5. The lowest BCUT2D eigenvalue weighted by atomic mass is 10.1. The Morgan fingerprint density at radius 3 is 2.66 bits per heavy atom. The van der Waals surface area contributed by atoms with Crippen LogP contribution < -0.4 is 21.3 Å². The first-order chi connectivity index (χ1) is 16.9. The first-order valence-corrected chi connectivity index (χ1v) is 10.8. The van der Waals surface area contributed by atoms with Gasteiger partial charge in [-0.3, -0.25) is 14.6 Å². The third-order valence-electron chi connectivity index (χ3n) is 5.20. The lowest BCUT2D eigenvalue weighted by molar-refractivity contribution is 0.102. The predicted molar refractivity (Wildman–Crippen MR) is 133 cm³/mol. The van der Waals surface area contributed by atoms with Gasteiger partial charge in [0.2, 0.25) is 0 Å². The largest absolute Gasteiger partial charge is 0.452 e. The van der Waals surface area contributed by atoms with Gasteiger partial charge in [0, 0.05) is 24.1 Å². The first kappa shape index (κ1) is 23.4. The van der Waals surface area contributed by atoms with Crippen molar-refractivity contribution < 1.29 is 13.9 Å². The van der Waals surface area contributed by atoms with Gasteiger partial charge in [-0.05, 0) is 61.2 Å². The van der Waals surface area contributed by atoms with E-state index in [1.165, 1.54) is 35.0 Å². The van der Waals surface area contributed by atoms with Crippen molar-refractivity contribution in [3.63, 3.8) is 0 Å². The van der Waals surface area contributed by atoms with Gasteiger partial charge in [-0.15, -0.1) is 0 Å². The number of rotatable bonds is 7. The van der Waals surface area contributed by atoms with E-state index in [0.717, 1.165) is 17.2 Å². The molecule has 0 fully saturated rings. The molecule has 35 heavy (non-hydrogen) atoms. The zero-order chi connectivity index (χ0) is 24.8. The van der Waals surface area contributed by atoms with Gasteiger partial charge in [0.15, 0.2) is 17.3 Å². The molecule has 0 unspecified atom stereocenters. The Balaban J connectivity index is 1.50. The van der Waals surface area contributed by atoms with E-state index in [9.17, 15) is 14.0 Å². The van der Waals surface area contributed by atoms with E-state index < -0.39 is 17.3 Å². The minimum absolute atomic E-state index is 0.0473. The van der Waals surface area contributed by atoms with Gasteiger partial charge in [-0.25, -0.2) is 4.39 Å². The summed E-state index contributed by atoms with van der Waals surface area (Å²) in [5, 5.41) is 2.57. The number of nitrogens with two attached hydrogens (primary N) is 1. The average Bonchev–Trinajstić information content (AvgIpc) is 2.85. The number of nitrogens with one attached hydrogen (secondary N) is 1. The second-order valence-corrected chi connectivity index (χ2v) is 7.79. The monoisotopic (exact) mass is 470 g/mol. The van der Waals surface area contributed by atoms with Crippen molar-refractivity contribution in [2.75, 3.05) is 5.32 Å². The topological polar surface area (TPSA) is 99.2 Å². The second-order valence-electron chi connectivity index (χ2n) is 7.79. The molecular formula is C27H23FN4O3. The molecule has 1 amide bonds. The molecular weight excluding hydrogens is 447 g/mol. The zero-order valence-electron chi connectivity index (χ0n) is 18.9. The number of anilines is 1. The molecule has 0 saturated carbocycles. The number of carbonyl (C=O) groups is 1. The van der Waals surface area contributed by atoms with Crippen molar-refractivity contribution in [2.24, 2.45) is 5.73 Å². The fourth-order valence-corrected chi connectivity index (χ4v) is 3.41. The summed E-state index contributed by atoms with van der Waals surface area (Å²) >= 11 is 0. The lowest BCUT2D eigenvalue weighted by Gasteiger charge is -2.11. The maximum Gasteiger partial charge on any atom is 0.263 e. The van der Waals surface area contributed by atoms with E-state index in [1.807, 2.05) is 31.2 Å². The third-order valence-corrected chi connectivity index (χ3v) is 5.20. The summed E-state index contributed by atoms with van der Waals surface area (Å²) in [5.74, 6) is -1.06. The lowest BCUT2D eigenvalue weighted by Crippen LogP contribution is -2.29. The molecule has 2 heterocycles. The maximum absolute atomic E-state index is 14.7. The number of pyridine rings is 2. The minimum atomic E-state index is -0.695. The van der Waals surface area contributed by atoms with Crippen LogP contribution in [0.1, 0.15) is 27.2 Å². The summed E-state index contributed by atoms with van der Waals surface area (Å²) < 4.78 is 21.8. The van der Waals surface area contributed by atoms with E-state index in [2.05, 4.69) is 10.3 Å². The van der Waals surface area contributed by atoms with Gasteiger partial charge >= 0.3 is 0 Å². The van der Waals surface area contributed by atoms with Gasteiger partial charge in [-0.1, -0.05) is 29.8 Å². The fourth-order valence-electron chi connectivity index (χ4n) is 3.41. The third kappa shape index (κ3) is 5.62. The molecule has 4 rings (SSSR count). The summed E-state index contributed by atoms with van der Waals surface area (Å²) in [5.41, 5.74) is 7.61. The molecule has 3 N–H and O–H groups in total.